The third-order valence-corrected chi connectivity index (χ3v) is 1.66. The maximum absolute atomic E-state index is 10.4. The van der Waals surface area contributed by atoms with Gasteiger partial charge in [-0.1, -0.05) is 24.3 Å². The van der Waals surface area contributed by atoms with E-state index in [-0.39, 0.29) is 12.1 Å². The van der Waals surface area contributed by atoms with E-state index in [1.54, 1.807) is 12.1 Å². The lowest BCUT2D eigenvalue weighted by Crippen LogP contribution is -2.28. The van der Waals surface area contributed by atoms with Crippen molar-refractivity contribution in [3.05, 3.63) is 35.4 Å². The van der Waals surface area contributed by atoms with E-state index in [1.807, 2.05) is 0 Å². The summed E-state index contributed by atoms with van der Waals surface area (Å²) in [5.74, 6) is -1.22. The Morgan fingerprint density at radius 2 is 1.86 bits per heavy atom. The van der Waals surface area contributed by atoms with E-state index in [4.69, 9.17) is 5.73 Å². The summed E-state index contributed by atoms with van der Waals surface area (Å²) in [7, 11) is 0. The molecule has 1 aromatic carbocycles. The van der Waals surface area contributed by atoms with Gasteiger partial charge in [0.25, 0.3) is 0 Å². The van der Waals surface area contributed by atoms with Gasteiger partial charge in [0.05, 0.1) is 5.97 Å². The Bertz CT molecular complexity index is 346. The number of hydrogen-bond donors (Lipinski definition) is 2. The molecule has 0 spiro atoms. The normalized spacial score (nSPS) is 9.43. The highest BCUT2D eigenvalue weighted by molar-refractivity contribution is 5.85. The number of carboxylic acid groups (broad SMARTS) is 1. The standard InChI is InChI=1S/C9H10N2O3/c10-9(14)11-5-6-1-3-7(4-2-6)8(12)13/h1-4H,5H2,(H,12,13)(H3,10,11,14)/p-1. The van der Waals surface area contributed by atoms with Crippen LogP contribution in [0.2, 0.25) is 0 Å². The summed E-state index contributed by atoms with van der Waals surface area (Å²) in [6.45, 7) is 0.280. The van der Waals surface area contributed by atoms with Crippen LogP contribution < -0.4 is 16.2 Å². The van der Waals surface area contributed by atoms with Crippen LogP contribution in [0.3, 0.4) is 0 Å². The van der Waals surface area contributed by atoms with E-state index in [1.165, 1.54) is 12.1 Å². The van der Waals surface area contributed by atoms with Crippen LogP contribution in [-0.2, 0) is 6.54 Å². The fourth-order valence-corrected chi connectivity index (χ4v) is 0.948. The number of nitrogens with two attached hydrogens (primary N) is 1. The number of benzene rings is 1. The summed E-state index contributed by atoms with van der Waals surface area (Å²) < 4.78 is 0. The maximum Gasteiger partial charge on any atom is 0.312 e. The second-order valence-corrected chi connectivity index (χ2v) is 2.70. The smallest absolute Gasteiger partial charge is 0.312 e. The van der Waals surface area contributed by atoms with Crippen LogP contribution in [0.1, 0.15) is 15.9 Å². The molecule has 0 saturated carbocycles. The van der Waals surface area contributed by atoms with Gasteiger partial charge in [0.15, 0.2) is 0 Å². The molecule has 0 atom stereocenters. The van der Waals surface area contributed by atoms with Crippen LogP contribution in [0, 0.1) is 0 Å². The van der Waals surface area contributed by atoms with E-state index in [2.05, 4.69) is 5.32 Å². The molecule has 0 radical (unpaired) electrons. The summed E-state index contributed by atoms with van der Waals surface area (Å²) in [5, 5.41) is 12.8. The van der Waals surface area contributed by atoms with Gasteiger partial charge in [-0.15, -0.1) is 0 Å². The average molecular weight is 193 g/mol. The van der Waals surface area contributed by atoms with Crippen LogP contribution in [-0.4, -0.2) is 12.0 Å². The number of primary amides is 1. The third-order valence-electron chi connectivity index (χ3n) is 1.66. The summed E-state index contributed by atoms with van der Waals surface area (Å²) >= 11 is 0. The summed E-state index contributed by atoms with van der Waals surface area (Å²) in [4.78, 5) is 20.7. The van der Waals surface area contributed by atoms with Gasteiger partial charge in [-0.3, -0.25) is 0 Å². The highest BCUT2D eigenvalue weighted by atomic mass is 16.4. The fraction of sp³-hybridized carbons (Fsp3) is 0.111. The first kappa shape index (κ1) is 10.0. The van der Waals surface area contributed by atoms with E-state index >= 15 is 0 Å². The summed E-state index contributed by atoms with van der Waals surface area (Å²) in [6.07, 6.45) is 0. The Morgan fingerprint density at radius 1 is 1.29 bits per heavy atom. The topological polar surface area (TPSA) is 95.2 Å². The number of amides is 2. The van der Waals surface area contributed by atoms with Gasteiger partial charge in [-0.25, -0.2) is 4.79 Å². The van der Waals surface area contributed by atoms with Crippen LogP contribution in [0.25, 0.3) is 0 Å². The molecular weight excluding hydrogens is 184 g/mol. The molecule has 0 aromatic heterocycles. The number of hydrogen-bond acceptors (Lipinski definition) is 3. The van der Waals surface area contributed by atoms with Gasteiger partial charge in [-0.2, -0.15) is 0 Å². The second kappa shape index (κ2) is 4.27. The molecule has 5 nitrogen and oxygen atoms in total. The number of nitrogens with one attached hydrogen (secondary N) is 1. The predicted molar refractivity (Wildman–Crippen MR) is 47.2 cm³/mol. The minimum absolute atomic E-state index is 0.104. The number of carbonyl (C=O) groups is 2. The van der Waals surface area contributed by atoms with E-state index in [0.717, 1.165) is 5.56 Å². The quantitative estimate of drug-likeness (QED) is 0.659. The van der Waals surface area contributed by atoms with Crippen molar-refractivity contribution in [1.82, 2.24) is 5.32 Å². The van der Waals surface area contributed by atoms with Crippen molar-refractivity contribution in [3.63, 3.8) is 0 Å². The molecule has 0 saturated heterocycles. The highest BCUT2D eigenvalue weighted by Crippen LogP contribution is 2.02. The van der Waals surface area contributed by atoms with Crippen molar-refractivity contribution in [1.29, 1.82) is 0 Å². The average Bonchev–Trinajstić information content (AvgIpc) is 2.15. The van der Waals surface area contributed by atoms with Crippen molar-refractivity contribution in [2.75, 3.05) is 0 Å². The van der Waals surface area contributed by atoms with E-state index in [9.17, 15) is 14.7 Å². The van der Waals surface area contributed by atoms with E-state index < -0.39 is 12.0 Å². The number of rotatable bonds is 3. The van der Waals surface area contributed by atoms with Gasteiger partial charge in [0, 0.05) is 6.54 Å². The molecule has 3 N–H and O–H groups in total. The molecule has 0 bridgehead atoms. The largest absolute Gasteiger partial charge is 0.545 e. The zero-order valence-corrected chi connectivity index (χ0v) is 7.32. The zero-order chi connectivity index (χ0) is 10.6. The van der Waals surface area contributed by atoms with Gasteiger partial charge in [-0.05, 0) is 11.1 Å². The first-order valence-electron chi connectivity index (χ1n) is 3.93. The highest BCUT2D eigenvalue weighted by Gasteiger charge is 1.96. The molecule has 1 rings (SSSR count). The molecule has 5 heteroatoms. The molecule has 0 fully saturated rings. The Kier molecular flexibility index (Phi) is 3.06. The van der Waals surface area contributed by atoms with Crippen molar-refractivity contribution < 1.29 is 14.7 Å². The SMILES string of the molecule is NC(=O)NCc1ccc(C(=O)[O-])cc1. The Morgan fingerprint density at radius 3 is 2.29 bits per heavy atom. The summed E-state index contributed by atoms with van der Waals surface area (Å²) in [6, 6.07) is 5.37. The molecule has 1 aromatic rings. The lowest BCUT2D eigenvalue weighted by molar-refractivity contribution is -0.255. The predicted octanol–water partition coefficient (Wildman–Crippen LogP) is -0.782. The maximum atomic E-state index is 10.4. The molecule has 0 aliphatic heterocycles. The first-order valence-corrected chi connectivity index (χ1v) is 3.93. The van der Waals surface area contributed by atoms with Gasteiger partial charge < -0.3 is 21.0 Å². The second-order valence-electron chi connectivity index (χ2n) is 2.70. The van der Waals surface area contributed by atoms with Gasteiger partial charge in [0.2, 0.25) is 0 Å². The minimum Gasteiger partial charge on any atom is -0.545 e. The number of carbonyl (C=O) groups excluding carboxylic acids is 2. The lowest BCUT2D eigenvalue weighted by atomic mass is 10.1. The molecule has 0 aliphatic carbocycles. The van der Waals surface area contributed by atoms with Crippen LogP contribution in [0.15, 0.2) is 24.3 Å². The lowest BCUT2D eigenvalue weighted by Gasteiger charge is -2.04. The molecule has 74 valence electrons. The Hall–Kier alpha value is -2.04. The van der Waals surface area contributed by atoms with Gasteiger partial charge in [0.1, 0.15) is 0 Å². The van der Waals surface area contributed by atoms with Crippen molar-refractivity contribution in [2.24, 2.45) is 5.73 Å². The van der Waals surface area contributed by atoms with Crippen molar-refractivity contribution in [2.45, 2.75) is 6.54 Å². The monoisotopic (exact) mass is 193 g/mol. The number of urea groups is 1. The number of carboxylic acids is 1. The zero-order valence-electron chi connectivity index (χ0n) is 7.32. The number of aromatic carboxylic acids is 1. The van der Waals surface area contributed by atoms with E-state index in [0.29, 0.717) is 0 Å². The summed E-state index contributed by atoms with van der Waals surface area (Å²) in [5.41, 5.74) is 5.74. The minimum atomic E-state index is -1.22. The van der Waals surface area contributed by atoms with Crippen LogP contribution in [0.5, 0.6) is 0 Å². The molecule has 14 heavy (non-hydrogen) atoms. The molecule has 2 amide bonds. The van der Waals surface area contributed by atoms with Crippen LogP contribution >= 0.6 is 0 Å². The Balaban J connectivity index is 2.64. The van der Waals surface area contributed by atoms with Crippen LogP contribution in [0.4, 0.5) is 4.79 Å². The third kappa shape index (κ3) is 2.78. The van der Waals surface area contributed by atoms with Crippen molar-refractivity contribution >= 4 is 12.0 Å². The van der Waals surface area contributed by atoms with Gasteiger partial charge >= 0.3 is 6.03 Å². The molecule has 0 aliphatic rings. The molecule has 0 heterocycles. The Labute approximate surface area is 80.5 Å². The first-order chi connectivity index (χ1) is 6.59. The molecule has 0 unspecified atom stereocenters. The fourth-order valence-electron chi connectivity index (χ4n) is 0.948. The molecular formula is C9H9N2O3-. The van der Waals surface area contributed by atoms with Crippen molar-refractivity contribution in [3.8, 4) is 0 Å².